The molecule has 2 aromatic rings. The Morgan fingerprint density at radius 3 is 2.48 bits per heavy atom. The summed E-state index contributed by atoms with van der Waals surface area (Å²) in [4.78, 5) is 48.2. The van der Waals surface area contributed by atoms with E-state index in [0.717, 1.165) is 16.2 Å². The van der Waals surface area contributed by atoms with Gasteiger partial charge >= 0.3 is 11.0 Å². The molecule has 27 heavy (non-hydrogen) atoms. The van der Waals surface area contributed by atoms with Gasteiger partial charge in [0, 0.05) is 10.9 Å². The second kappa shape index (κ2) is 7.38. The van der Waals surface area contributed by atoms with Crippen molar-refractivity contribution in [1.29, 1.82) is 0 Å². The Morgan fingerprint density at radius 1 is 1.19 bits per heavy atom. The first-order chi connectivity index (χ1) is 12.9. The number of carbonyl (C=O) groups excluding carboxylic acids is 3. The molecule has 9 nitrogen and oxygen atoms in total. The Bertz CT molecular complexity index is 963. The Hall–Kier alpha value is -3.53. The lowest BCUT2D eigenvalue weighted by Gasteiger charge is -2.26. The van der Waals surface area contributed by atoms with Gasteiger partial charge in [0.2, 0.25) is 0 Å². The predicted molar refractivity (Wildman–Crippen MR) is 96.0 cm³/mol. The number of thiophene rings is 1. The highest BCUT2D eigenvalue weighted by Crippen LogP contribution is 2.27. The number of nitrogens with zero attached hydrogens (tertiary/aromatic N) is 2. The molecule has 1 saturated heterocycles. The van der Waals surface area contributed by atoms with Crippen LogP contribution in [0.2, 0.25) is 0 Å². The van der Waals surface area contributed by atoms with Crippen LogP contribution in [0.15, 0.2) is 42.0 Å². The van der Waals surface area contributed by atoms with Crippen molar-refractivity contribution in [2.45, 2.75) is 6.54 Å². The van der Waals surface area contributed by atoms with Gasteiger partial charge in [-0.3, -0.25) is 29.9 Å². The molecule has 0 bridgehead atoms. The van der Waals surface area contributed by atoms with Crippen LogP contribution in [0, 0.1) is 10.1 Å². The van der Waals surface area contributed by atoms with E-state index < -0.39 is 22.8 Å². The zero-order valence-corrected chi connectivity index (χ0v) is 14.8. The molecule has 1 aliphatic rings. The maximum absolute atomic E-state index is 12.6. The van der Waals surface area contributed by atoms with Crippen LogP contribution in [0.4, 0.5) is 9.80 Å². The molecule has 0 saturated carbocycles. The van der Waals surface area contributed by atoms with Crippen molar-refractivity contribution >= 4 is 40.3 Å². The third kappa shape index (κ3) is 3.85. The molecule has 1 fully saturated rings. The molecule has 4 amide bonds. The standard InChI is InChI=1S/C17H13N3O6S/c1-26-11-4-2-10(3-5-11)9-19-16(22)13(15(21)18-17(19)23)8-12-6-7-14(27-12)20(24)25/h2-8H,9H2,1H3,(H,18,21,23)/b13-8+. The lowest BCUT2D eigenvalue weighted by Crippen LogP contribution is -2.53. The second-order valence-corrected chi connectivity index (χ2v) is 6.58. The molecule has 0 atom stereocenters. The second-order valence-electron chi connectivity index (χ2n) is 5.49. The van der Waals surface area contributed by atoms with E-state index in [9.17, 15) is 24.5 Å². The van der Waals surface area contributed by atoms with Gasteiger partial charge in [-0.15, -0.1) is 0 Å². The van der Waals surface area contributed by atoms with E-state index >= 15 is 0 Å². The number of barbiturate groups is 1. The molecule has 0 unspecified atom stereocenters. The third-order valence-electron chi connectivity index (χ3n) is 3.76. The maximum atomic E-state index is 12.6. The van der Waals surface area contributed by atoms with Crippen LogP contribution in [0.25, 0.3) is 6.08 Å². The van der Waals surface area contributed by atoms with E-state index in [2.05, 4.69) is 5.32 Å². The minimum atomic E-state index is -0.841. The van der Waals surface area contributed by atoms with Crippen molar-refractivity contribution in [1.82, 2.24) is 10.2 Å². The zero-order chi connectivity index (χ0) is 19.6. The fourth-order valence-corrected chi connectivity index (χ4v) is 3.18. The average Bonchev–Trinajstić information content (AvgIpc) is 3.12. The molecule has 1 aromatic heterocycles. The van der Waals surface area contributed by atoms with E-state index in [1.807, 2.05) is 0 Å². The van der Waals surface area contributed by atoms with Crippen LogP contribution < -0.4 is 10.1 Å². The van der Waals surface area contributed by atoms with Crippen molar-refractivity contribution in [2.75, 3.05) is 7.11 Å². The topological polar surface area (TPSA) is 119 Å². The van der Waals surface area contributed by atoms with E-state index in [-0.39, 0.29) is 17.1 Å². The molecule has 1 aliphatic heterocycles. The van der Waals surface area contributed by atoms with Gasteiger partial charge in [-0.2, -0.15) is 0 Å². The number of methoxy groups -OCH3 is 1. The van der Waals surface area contributed by atoms with E-state index in [1.165, 1.54) is 25.3 Å². The minimum absolute atomic E-state index is 0.0378. The number of urea groups is 1. The summed E-state index contributed by atoms with van der Waals surface area (Å²) in [5.41, 5.74) is 0.402. The number of nitro groups is 1. The Morgan fingerprint density at radius 2 is 1.89 bits per heavy atom. The quantitative estimate of drug-likeness (QED) is 0.364. The summed E-state index contributed by atoms with van der Waals surface area (Å²) in [5, 5.41) is 12.8. The Kier molecular flexibility index (Phi) is 4.99. The Labute approximate surface area is 157 Å². The number of carbonyl (C=O) groups is 3. The molecular weight excluding hydrogens is 374 g/mol. The third-order valence-corrected chi connectivity index (χ3v) is 4.75. The van der Waals surface area contributed by atoms with Gasteiger partial charge in [0.1, 0.15) is 11.3 Å². The number of rotatable bonds is 5. The molecule has 1 aromatic carbocycles. The molecule has 138 valence electrons. The molecule has 1 N–H and O–H groups in total. The largest absolute Gasteiger partial charge is 0.497 e. The SMILES string of the molecule is COc1ccc(CN2C(=O)NC(=O)/C(=C\c3ccc([N+](=O)[O-])s3)C2=O)cc1. The van der Waals surface area contributed by atoms with Crippen LogP contribution in [0.1, 0.15) is 10.4 Å². The summed E-state index contributed by atoms with van der Waals surface area (Å²) in [5.74, 6) is -0.981. The van der Waals surface area contributed by atoms with Gasteiger partial charge in [-0.05, 0) is 29.8 Å². The molecular formula is C17H13N3O6S. The number of benzene rings is 1. The zero-order valence-electron chi connectivity index (χ0n) is 14.0. The highest BCUT2D eigenvalue weighted by molar-refractivity contribution is 7.16. The maximum Gasteiger partial charge on any atom is 0.331 e. The number of imide groups is 2. The summed E-state index contributed by atoms with van der Waals surface area (Å²) in [6.07, 6.45) is 1.24. The van der Waals surface area contributed by atoms with Crippen molar-refractivity contribution in [3.05, 3.63) is 62.5 Å². The first-order valence-corrected chi connectivity index (χ1v) is 8.46. The Balaban J connectivity index is 1.85. The first kappa shape index (κ1) is 18.3. The summed E-state index contributed by atoms with van der Waals surface area (Å²) in [7, 11) is 1.52. The monoisotopic (exact) mass is 387 g/mol. The van der Waals surface area contributed by atoms with E-state index in [1.54, 1.807) is 24.3 Å². The highest BCUT2D eigenvalue weighted by Gasteiger charge is 2.35. The van der Waals surface area contributed by atoms with Gasteiger partial charge in [0.25, 0.3) is 11.8 Å². The number of amides is 4. The molecule has 0 spiro atoms. The number of nitrogens with one attached hydrogen (secondary N) is 1. The first-order valence-electron chi connectivity index (χ1n) is 7.65. The van der Waals surface area contributed by atoms with Crippen LogP contribution in [-0.4, -0.2) is 34.8 Å². The lowest BCUT2D eigenvalue weighted by atomic mass is 10.1. The van der Waals surface area contributed by atoms with E-state index in [4.69, 9.17) is 4.74 Å². The molecule has 0 aliphatic carbocycles. The fourth-order valence-electron chi connectivity index (χ4n) is 2.41. The summed E-state index contributed by atoms with van der Waals surface area (Å²) in [6, 6.07) is 8.66. The van der Waals surface area contributed by atoms with Crippen LogP contribution in [0.5, 0.6) is 5.75 Å². The lowest BCUT2D eigenvalue weighted by molar-refractivity contribution is -0.380. The minimum Gasteiger partial charge on any atom is -0.497 e. The summed E-state index contributed by atoms with van der Waals surface area (Å²) in [6.45, 7) is -0.0378. The fraction of sp³-hybridized carbons (Fsp3) is 0.118. The number of ether oxygens (including phenoxy) is 1. The van der Waals surface area contributed by atoms with Gasteiger partial charge in [-0.1, -0.05) is 23.5 Å². The number of hydrogen-bond acceptors (Lipinski definition) is 7. The summed E-state index contributed by atoms with van der Waals surface area (Å²) >= 11 is 0.824. The van der Waals surface area contributed by atoms with Gasteiger partial charge < -0.3 is 4.74 Å². The summed E-state index contributed by atoms with van der Waals surface area (Å²) < 4.78 is 5.06. The molecule has 3 rings (SSSR count). The van der Waals surface area contributed by atoms with Gasteiger partial charge in [-0.25, -0.2) is 4.79 Å². The average molecular weight is 387 g/mol. The highest BCUT2D eigenvalue weighted by atomic mass is 32.1. The predicted octanol–water partition coefficient (Wildman–Crippen LogP) is 2.33. The van der Waals surface area contributed by atoms with Gasteiger partial charge in [0.05, 0.1) is 18.6 Å². The smallest absolute Gasteiger partial charge is 0.331 e. The van der Waals surface area contributed by atoms with Crippen molar-refractivity contribution in [3.63, 3.8) is 0 Å². The van der Waals surface area contributed by atoms with E-state index in [0.29, 0.717) is 16.2 Å². The molecule has 2 heterocycles. The molecule has 0 radical (unpaired) electrons. The van der Waals surface area contributed by atoms with Gasteiger partial charge in [0.15, 0.2) is 0 Å². The van der Waals surface area contributed by atoms with Crippen molar-refractivity contribution in [3.8, 4) is 5.75 Å². The van der Waals surface area contributed by atoms with Crippen molar-refractivity contribution < 1.29 is 24.0 Å². The normalized spacial score (nSPS) is 15.8. The van der Waals surface area contributed by atoms with Crippen LogP contribution in [-0.2, 0) is 16.1 Å². The van der Waals surface area contributed by atoms with Crippen LogP contribution in [0.3, 0.4) is 0 Å². The number of hydrogen-bond donors (Lipinski definition) is 1. The van der Waals surface area contributed by atoms with Crippen LogP contribution >= 0.6 is 11.3 Å². The molecule has 10 heteroatoms. The van der Waals surface area contributed by atoms with Crippen molar-refractivity contribution in [2.24, 2.45) is 0 Å².